The van der Waals surface area contributed by atoms with Gasteiger partial charge in [0, 0.05) is 11.8 Å². The van der Waals surface area contributed by atoms with Crippen LogP contribution in [0.4, 0.5) is 10.5 Å². The first-order valence-electron chi connectivity index (χ1n) is 11.7. The first kappa shape index (κ1) is 24.9. The number of anilines is 1. The van der Waals surface area contributed by atoms with Gasteiger partial charge in [0.25, 0.3) is 0 Å². The number of benzene rings is 3. The summed E-state index contributed by atoms with van der Waals surface area (Å²) in [5, 5.41) is 14.1. The Morgan fingerprint density at radius 2 is 1.72 bits per heavy atom. The molecule has 7 nitrogen and oxygen atoms in total. The highest BCUT2D eigenvalue weighted by Gasteiger charge is 2.26. The SMILES string of the molecule is COc1cccc(Cc2c(C(=O)O)n(-c3c(C)cccc3NC(=O)OC(C)(C)C)c3ccccc23)c1. The lowest BCUT2D eigenvalue weighted by Crippen LogP contribution is -2.27. The van der Waals surface area contributed by atoms with Crippen LogP contribution in [0.15, 0.2) is 66.7 Å². The number of fused-ring (bicyclic) bond motifs is 1. The number of nitrogens with zero attached hydrogens (tertiary/aromatic N) is 1. The largest absolute Gasteiger partial charge is 0.497 e. The van der Waals surface area contributed by atoms with Crippen LogP contribution in [0.1, 0.15) is 48.0 Å². The molecule has 0 aliphatic heterocycles. The number of hydrogen-bond donors (Lipinski definition) is 2. The van der Waals surface area contributed by atoms with Gasteiger partial charge in [0.2, 0.25) is 0 Å². The smallest absolute Gasteiger partial charge is 0.412 e. The lowest BCUT2D eigenvalue weighted by atomic mass is 10.0. The topological polar surface area (TPSA) is 89.8 Å². The average Bonchev–Trinajstić information content (AvgIpc) is 3.12. The minimum atomic E-state index is -1.06. The van der Waals surface area contributed by atoms with E-state index in [-0.39, 0.29) is 5.69 Å². The number of aryl methyl sites for hydroxylation is 1. The van der Waals surface area contributed by atoms with Crippen LogP contribution in [0.25, 0.3) is 16.6 Å². The van der Waals surface area contributed by atoms with Crippen molar-refractivity contribution in [2.75, 3.05) is 12.4 Å². The maximum absolute atomic E-state index is 12.8. The molecule has 3 aromatic carbocycles. The van der Waals surface area contributed by atoms with E-state index in [2.05, 4.69) is 5.32 Å². The number of carboxylic acid groups (broad SMARTS) is 1. The number of carbonyl (C=O) groups excluding carboxylic acids is 1. The summed E-state index contributed by atoms with van der Waals surface area (Å²) in [6.07, 6.45) is -0.216. The molecule has 0 saturated carbocycles. The summed E-state index contributed by atoms with van der Waals surface area (Å²) in [6, 6.07) is 20.6. The van der Waals surface area contributed by atoms with Gasteiger partial charge < -0.3 is 19.1 Å². The maximum Gasteiger partial charge on any atom is 0.412 e. The van der Waals surface area contributed by atoms with E-state index in [0.717, 1.165) is 22.0 Å². The number of carboxylic acids is 1. The van der Waals surface area contributed by atoms with E-state index in [1.165, 1.54) is 0 Å². The zero-order chi connectivity index (χ0) is 26.0. The zero-order valence-electron chi connectivity index (χ0n) is 21.1. The first-order chi connectivity index (χ1) is 17.1. The van der Waals surface area contributed by atoms with E-state index in [0.29, 0.717) is 29.1 Å². The van der Waals surface area contributed by atoms with Crippen LogP contribution in [-0.2, 0) is 11.2 Å². The van der Waals surface area contributed by atoms with Crippen molar-refractivity contribution in [3.63, 3.8) is 0 Å². The molecule has 0 spiro atoms. The van der Waals surface area contributed by atoms with Crippen molar-refractivity contribution in [2.24, 2.45) is 0 Å². The predicted molar refractivity (Wildman–Crippen MR) is 141 cm³/mol. The van der Waals surface area contributed by atoms with Crippen molar-refractivity contribution in [1.82, 2.24) is 4.57 Å². The lowest BCUT2D eigenvalue weighted by molar-refractivity contribution is 0.0634. The number of aromatic carboxylic acids is 1. The van der Waals surface area contributed by atoms with Gasteiger partial charge in [-0.1, -0.05) is 42.5 Å². The molecule has 4 rings (SSSR count). The fourth-order valence-corrected chi connectivity index (χ4v) is 4.40. The van der Waals surface area contributed by atoms with E-state index in [1.807, 2.05) is 67.6 Å². The monoisotopic (exact) mass is 486 g/mol. The van der Waals surface area contributed by atoms with Crippen molar-refractivity contribution in [1.29, 1.82) is 0 Å². The number of hydrogen-bond acceptors (Lipinski definition) is 4. The fraction of sp³-hybridized carbons (Fsp3) is 0.241. The zero-order valence-corrected chi connectivity index (χ0v) is 21.1. The number of nitrogens with one attached hydrogen (secondary N) is 1. The second-order valence-corrected chi connectivity index (χ2v) is 9.61. The van der Waals surface area contributed by atoms with Crippen molar-refractivity contribution in [3.8, 4) is 11.4 Å². The van der Waals surface area contributed by atoms with E-state index >= 15 is 0 Å². The van der Waals surface area contributed by atoms with E-state index in [1.54, 1.807) is 38.5 Å². The molecule has 0 saturated heterocycles. The highest BCUT2D eigenvalue weighted by Crippen LogP contribution is 2.36. The van der Waals surface area contributed by atoms with Crippen molar-refractivity contribution in [2.45, 2.75) is 39.7 Å². The molecule has 7 heteroatoms. The van der Waals surface area contributed by atoms with Crippen LogP contribution in [-0.4, -0.2) is 34.4 Å². The molecule has 186 valence electrons. The Balaban J connectivity index is 1.94. The van der Waals surface area contributed by atoms with Gasteiger partial charge in [0.1, 0.15) is 17.0 Å². The number of amides is 1. The van der Waals surface area contributed by atoms with Gasteiger partial charge in [-0.05, 0) is 68.7 Å². The maximum atomic E-state index is 12.8. The number of methoxy groups -OCH3 is 1. The Hall–Kier alpha value is -4.26. The summed E-state index contributed by atoms with van der Waals surface area (Å²) in [6.45, 7) is 7.25. The van der Waals surface area contributed by atoms with Gasteiger partial charge in [-0.25, -0.2) is 9.59 Å². The van der Waals surface area contributed by atoms with Gasteiger partial charge in [-0.2, -0.15) is 0 Å². The molecule has 0 aliphatic rings. The summed E-state index contributed by atoms with van der Waals surface area (Å²) < 4.78 is 12.5. The van der Waals surface area contributed by atoms with E-state index in [4.69, 9.17) is 9.47 Å². The number of aromatic nitrogens is 1. The quantitative estimate of drug-likeness (QED) is 0.321. The van der Waals surface area contributed by atoms with Crippen molar-refractivity contribution < 1.29 is 24.2 Å². The molecule has 0 bridgehead atoms. The Morgan fingerprint density at radius 1 is 1.00 bits per heavy atom. The normalized spacial score (nSPS) is 11.4. The average molecular weight is 487 g/mol. The first-order valence-corrected chi connectivity index (χ1v) is 11.7. The third-order valence-corrected chi connectivity index (χ3v) is 5.79. The van der Waals surface area contributed by atoms with E-state index in [9.17, 15) is 14.7 Å². The van der Waals surface area contributed by atoms with Crippen LogP contribution in [0.5, 0.6) is 5.75 Å². The van der Waals surface area contributed by atoms with Crippen molar-refractivity contribution in [3.05, 3.63) is 89.1 Å². The molecule has 1 heterocycles. The molecule has 0 aliphatic carbocycles. The second-order valence-electron chi connectivity index (χ2n) is 9.61. The van der Waals surface area contributed by atoms with Crippen LogP contribution in [0.3, 0.4) is 0 Å². The molecule has 36 heavy (non-hydrogen) atoms. The Labute approximate surface area is 210 Å². The Morgan fingerprint density at radius 3 is 2.42 bits per heavy atom. The molecule has 2 N–H and O–H groups in total. The van der Waals surface area contributed by atoms with Gasteiger partial charge >= 0.3 is 12.1 Å². The second kappa shape index (κ2) is 9.77. The third-order valence-electron chi connectivity index (χ3n) is 5.79. The van der Waals surface area contributed by atoms with Crippen LogP contribution < -0.4 is 10.1 Å². The van der Waals surface area contributed by atoms with E-state index < -0.39 is 17.7 Å². The molecule has 1 aromatic heterocycles. The minimum absolute atomic E-state index is 0.139. The summed E-state index contributed by atoms with van der Waals surface area (Å²) in [5.41, 5.74) is 3.64. The highest BCUT2D eigenvalue weighted by molar-refractivity contribution is 6.01. The van der Waals surface area contributed by atoms with Crippen molar-refractivity contribution >= 4 is 28.7 Å². The molecule has 4 aromatic rings. The summed E-state index contributed by atoms with van der Waals surface area (Å²) >= 11 is 0. The standard InChI is InChI=1S/C29H30N2O5/c1-18-10-8-14-23(30-28(34)36-29(2,3)4)25(18)31-24-15-7-6-13-21(24)22(26(31)27(32)33)17-19-11-9-12-20(16-19)35-5/h6-16H,17H2,1-5H3,(H,30,34)(H,32,33). The molecular weight excluding hydrogens is 456 g/mol. The molecule has 1 amide bonds. The number of rotatable bonds is 6. The third kappa shape index (κ3) is 5.05. The molecule has 0 atom stereocenters. The van der Waals surface area contributed by atoms with Gasteiger partial charge in [0.05, 0.1) is 24.0 Å². The highest BCUT2D eigenvalue weighted by atomic mass is 16.6. The number of ether oxygens (including phenoxy) is 2. The molecule has 0 fully saturated rings. The summed E-state index contributed by atoms with van der Waals surface area (Å²) in [7, 11) is 1.60. The Kier molecular flexibility index (Phi) is 6.75. The lowest BCUT2D eigenvalue weighted by Gasteiger charge is -2.22. The van der Waals surface area contributed by atoms with Gasteiger partial charge in [-0.3, -0.25) is 5.32 Å². The molecule has 0 unspecified atom stereocenters. The molecule has 0 radical (unpaired) electrons. The Bertz CT molecular complexity index is 1450. The summed E-state index contributed by atoms with van der Waals surface area (Å²) in [5.74, 6) is -0.355. The minimum Gasteiger partial charge on any atom is -0.497 e. The van der Waals surface area contributed by atoms with Crippen LogP contribution >= 0.6 is 0 Å². The van der Waals surface area contributed by atoms with Gasteiger partial charge in [0.15, 0.2) is 0 Å². The van der Waals surface area contributed by atoms with Crippen LogP contribution in [0, 0.1) is 6.92 Å². The predicted octanol–water partition coefficient (Wildman–Crippen LogP) is 6.58. The van der Waals surface area contributed by atoms with Gasteiger partial charge in [-0.15, -0.1) is 0 Å². The summed E-state index contributed by atoms with van der Waals surface area (Å²) in [4.78, 5) is 25.4. The number of carbonyl (C=O) groups is 2. The van der Waals surface area contributed by atoms with Crippen LogP contribution in [0.2, 0.25) is 0 Å². The molecular formula is C29H30N2O5. The fourth-order valence-electron chi connectivity index (χ4n) is 4.40. The number of para-hydroxylation sites is 2.